The van der Waals surface area contributed by atoms with Gasteiger partial charge in [0, 0.05) is 0 Å². The molecule has 0 atom stereocenters. The van der Waals surface area contributed by atoms with Gasteiger partial charge >= 0.3 is 6.09 Å². The zero-order chi connectivity index (χ0) is 16.3. The summed E-state index contributed by atoms with van der Waals surface area (Å²) in [7, 11) is 0. The number of alkyl carbamates (subject to hydrolysis) is 1. The van der Waals surface area contributed by atoms with Crippen LogP contribution in [0.4, 0.5) is 14.9 Å². The summed E-state index contributed by atoms with van der Waals surface area (Å²) in [5.41, 5.74) is -0.274. The van der Waals surface area contributed by atoms with Crippen LogP contribution >= 0.6 is 0 Å². The minimum atomic E-state index is -0.673. The van der Waals surface area contributed by atoms with Gasteiger partial charge in [-0.1, -0.05) is 6.07 Å². The van der Waals surface area contributed by atoms with E-state index in [1.807, 2.05) is 0 Å². The monoisotopic (exact) mass is 310 g/mol. The van der Waals surface area contributed by atoms with E-state index in [0.29, 0.717) is 12.2 Å². The van der Waals surface area contributed by atoms with Crippen molar-refractivity contribution in [3.63, 3.8) is 0 Å². The molecule has 1 aromatic rings. The Morgan fingerprint density at radius 2 is 2.14 bits per heavy atom. The highest BCUT2D eigenvalue weighted by Gasteiger charge is 2.26. The largest absolute Gasteiger partial charge is 0.486 e. The fourth-order valence-electron chi connectivity index (χ4n) is 2.03. The van der Waals surface area contributed by atoms with E-state index < -0.39 is 17.5 Å². The molecule has 120 valence electrons. The van der Waals surface area contributed by atoms with Crippen LogP contribution in [0.3, 0.4) is 0 Å². The van der Waals surface area contributed by atoms with Crippen molar-refractivity contribution in [2.24, 2.45) is 0 Å². The molecule has 0 aromatic heterocycles. The lowest BCUT2D eigenvalue weighted by atomic mass is 10.2. The molecule has 0 unspecified atom stereocenters. The van der Waals surface area contributed by atoms with Crippen molar-refractivity contribution >= 4 is 17.7 Å². The van der Waals surface area contributed by atoms with Crippen LogP contribution in [0.5, 0.6) is 5.75 Å². The number of para-hydroxylation sites is 1. The van der Waals surface area contributed by atoms with E-state index in [4.69, 9.17) is 9.47 Å². The van der Waals surface area contributed by atoms with E-state index in [1.165, 1.54) is 17.0 Å². The van der Waals surface area contributed by atoms with E-state index in [1.54, 1.807) is 26.8 Å². The van der Waals surface area contributed by atoms with E-state index >= 15 is 0 Å². The van der Waals surface area contributed by atoms with Gasteiger partial charge in [0.05, 0.1) is 12.2 Å². The molecule has 0 saturated carbocycles. The Bertz CT molecular complexity index is 583. The summed E-state index contributed by atoms with van der Waals surface area (Å²) < 4.78 is 24.0. The number of nitrogens with zero attached hydrogens (tertiary/aromatic N) is 1. The molecule has 7 heteroatoms. The average molecular weight is 310 g/mol. The van der Waals surface area contributed by atoms with Crippen LogP contribution in [0.15, 0.2) is 18.2 Å². The first kappa shape index (κ1) is 16.1. The van der Waals surface area contributed by atoms with E-state index in [-0.39, 0.29) is 24.8 Å². The maximum absolute atomic E-state index is 13.7. The average Bonchev–Trinajstić information content (AvgIpc) is 2.43. The molecule has 0 aliphatic carbocycles. The van der Waals surface area contributed by atoms with Crippen molar-refractivity contribution in [2.45, 2.75) is 26.4 Å². The van der Waals surface area contributed by atoms with Crippen LogP contribution in [0.1, 0.15) is 20.8 Å². The minimum Gasteiger partial charge on any atom is -0.486 e. The van der Waals surface area contributed by atoms with Gasteiger partial charge in [0.1, 0.15) is 18.8 Å². The number of carbonyl (C=O) groups is 2. The number of anilines is 1. The summed E-state index contributed by atoms with van der Waals surface area (Å²) in [5.74, 6) is -0.824. The Balaban J connectivity index is 2.00. The van der Waals surface area contributed by atoms with Crippen molar-refractivity contribution in [3.8, 4) is 5.75 Å². The molecule has 0 spiro atoms. The number of rotatable bonds is 2. The summed E-state index contributed by atoms with van der Waals surface area (Å²) in [6.45, 7) is 5.46. The number of fused-ring (bicyclic) bond motifs is 1. The molecule has 2 rings (SSSR count). The van der Waals surface area contributed by atoms with Gasteiger partial charge in [-0.15, -0.1) is 0 Å². The van der Waals surface area contributed by atoms with Gasteiger partial charge in [-0.05, 0) is 32.9 Å². The first-order valence-electron chi connectivity index (χ1n) is 6.96. The smallest absolute Gasteiger partial charge is 0.408 e. The highest BCUT2D eigenvalue weighted by atomic mass is 19.1. The number of halogens is 1. The second kappa shape index (κ2) is 6.21. The second-order valence-corrected chi connectivity index (χ2v) is 5.84. The molecule has 2 amide bonds. The van der Waals surface area contributed by atoms with E-state index in [9.17, 15) is 14.0 Å². The Labute approximate surface area is 128 Å². The molecular formula is C15H19FN2O4. The lowest BCUT2D eigenvalue weighted by Gasteiger charge is -2.29. The molecule has 0 radical (unpaired) electrons. The number of ether oxygens (including phenoxy) is 2. The van der Waals surface area contributed by atoms with E-state index in [0.717, 1.165) is 0 Å². The summed E-state index contributed by atoms with van der Waals surface area (Å²) in [6, 6.07) is 4.37. The van der Waals surface area contributed by atoms with Crippen molar-refractivity contribution in [3.05, 3.63) is 24.0 Å². The SMILES string of the molecule is CC(C)(C)OC(=O)NCC(=O)N1CCOc2c(F)cccc21. The number of amides is 2. The van der Waals surface area contributed by atoms with Crippen molar-refractivity contribution in [1.82, 2.24) is 5.32 Å². The van der Waals surface area contributed by atoms with Gasteiger partial charge in [0.25, 0.3) is 0 Å². The van der Waals surface area contributed by atoms with Crippen LogP contribution in [-0.4, -0.2) is 37.3 Å². The number of nitrogens with one attached hydrogen (secondary N) is 1. The third-order valence-electron chi connectivity index (χ3n) is 2.88. The Kier molecular flexibility index (Phi) is 4.54. The van der Waals surface area contributed by atoms with Crippen LogP contribution in [0, 0.1) is 5.82 Å². The number of hydrogen-bond donors (Lipinski definition) is 1. The van der Waals surface area contributed by atoms with E-state index in [2.05, 4.69) is 5.32 Å². The predicted molar refractivity (Wildman–Crippen MR) is 78.5 cm³/mol. The second-order valence-electron chi connectivity index (χ2n) is 5.84. The fourth-order valence-corrected chi connectivity index (χ4v) is 2.03. The molecule has 22 heavy (non-hydrogen) atoms. The lowest BCUT2D eigenvalue weighted by Crippen LogP contribution is -2.45. The first-order chi connectivity index (χ1) is 10.3. The molecule has 1 N–H and O–H groups in total. The summed E-state index contributed by atoms with van der Waals surface area (Å²) in [6.07, 6.45) is -0.673. The van der Waals surface area contributed by atoms with Gasteiger partial charge in [-0.2, -0.15) is 0 Å². The molecule has 1 aliphatic heterocycles. The molecule has 0 bridgehead atoms. The summed E-state index contributed by atoms with van der Waals surface area (Å²) >= 11 is 0. The van der Waals surface area contributed by atoms with Gasteiger partial charge in [0.15, 0.2) is 11.6 Å². The third-order valence-corrected chi connectivity index (χ3v) is 2.88. The van der Waals surface area contributed by atoms with Crippen LogP contribution < -0.4 is 15.0 Å². The maximum atomic E-state index is 13.7. The summed E-state index contributed by atoms with van der Waals surface area (Å²) in [5, 5.41) is 2.39. The van der Waals surface area contributed by atoms with Gasteiger partial charge < -0.3 is 19.7 Å². The topological polar surface area (TPSA) is 67.9 Å². The first-order valence-corrected chi connectivity index (χ1v) is 6.96. The molecule has 1 aliphatic rings. The van der Waals surface area contributed by atoms with Gasteiger partial charge in [-0.25, -0.2) is 9.18 Å². The summed E-state index contributed by atoms with van der Waals surface area (Å²) in [4.78, 5) is 25.2. The highest BCUT2D eigenvalue weighted by Crippen LogP contribution is 2.33. The number of benzene rings is 1. The third kappa shape index (κ3) is 3.87. The zero-order valence-electron chi connectivity index (χ0n) is 12.8. The standard InChI is InChI=1S/C15H19FN2O4/c1-15(2,3)22-14(20)17-9-12(19)18-7-8-21-13-10(16)5-4-6-11(13)18/h4-6H,7-9H2,1-3H3,(H,17,20). The van der Waals surface area contributed by atoms with Crippen LogP contribution in [-0.2, 0) is 9.53 Å². The lowest BCUT2D eigenvalue weighted by molar-refractivity contribution is -0.118. The van der Waals surface area contributed by atoms with Gasteiger partial charge in [-0.3, -0.25) is 4.79 Å². The quantitative estimate of drug-likeness (QED) is 0.908. The molecular weight excluding hydrogens is 291 g/mol. The minimum absolute atomic E-state index is 0.0550. The Morgan fingerprint density at radius 3 is 2.82 bits per heavy atom. The zero-order valence-corrected chi connectivity index (χ0v) is 12.8. The highest BCUT2D eigenvalue weighted by molar-refractivity contribution is 5.97. The normalized spacial score (nSPS) is 13.9. The molecule has 6 nitrogen and oxygen atoms in total. The predicted octanol–water partition coefficient (Wildman–Crippen LogP) is 2.08. The fraction of sp³-hybridized carbons (Fsp3) is 0.467. The van der Waals surface area contributed by atoms with Gasteiger partial charge in [0.2, 0.25) is 5.91 Å². The Morgan fingerprint density at radius 1 is 1.41 bits per heavy atom. The number of carbonyl (C=O) groups excluding carboxylic acids is 2. The maximum Gasteiger partial charge on any atom is 0.408 e. The van der Waals surface area contributed by atoms with Crippen molar-refractivity contribution in [1.29, 1.82) is 0 Å². The van der Waals surface area contributed by atoms with Crippen LogP contribution in [0.25, 0.3) is 0 Å². The van der Waals surface area contributed by atoms with Crippen LogP contribution in [0.2, 0.25) is 0 Å². The van der Waals surface area contributed by atoms with Crippen molar-refractivity contribution < 1.29 is 23.5 Å². The molecule has 1 heterocycles. The Hall–Kier alpha value is -2.31. The molecule has 1 aromatic carbocycles. The van der Waals surface area contributed by atoms with Crippen molar-refractivity contribution in [2.75, 3.05) is 24.6 Å². The molecule has 0 saturated heterocycles. The molecule has 0 fully saturated rings. The number of hydrogen-bond acceptors (Lipinski definition) is 4.